The average molecular weight is 382 g/mol. The van der Waals surface area contributed by atoms with Crippen LogP contribution in [0.25, 0.3) is 0 Å². The zero-order valence-electron chi connectivity index (χ0n) is 16.2. The molecule has 0 aliphatic carbocycles. The number of rotatable bonds is 9. The predicted octanol–water partition coefficient (Wildman–Crippen LogP) is 2.72. The van der Waals surface area contributed by atoms with Crippen LogP contribution in [0.2, 0.25) is 0 Å². The minimum atomic E-state index is -0.999. The predicted molar refractivity (Wildman–Crippen MR) is 107 cm³/mol. The molecule has 0 aliphatic rings. The molecule has 28 heavy (non-hydrogen) atoms. The third-order valence-electron chi connectivity index (χ3n) is 4.57. The highest BCUT2D eigenvalue weighted by Crippen LogP contribution is 2.20. The minimum Gasteiger partial charge on any atom is -0.481 e. The summed E-state index contributed by atoms with van der Waals surface area (Å²) in [6, 6.07) is 16.4. The number of aryl methyl sites for hydroxylation is 1. The lowest BCUT2D eigenvalue weighted by Crippen LogP contribution is -2.42. The largest absolute Gasteiger partial charge is 0.481 e. The van der Waals surface area contributed by atoms with Crippen LogP contribution in [-0.2, 0) is 20.8 Å². The summed E-state index contributed by atoms with van der Waals surface area (Å²) in [4.78, 5) is 37.2. The first-order valence-electron chi connectivity index (χ1n) is 9.23. The van der Waals surface area contributed by atoms with Crippen molar-refractivity contribution < 1.29 is 19.5 Å². The van der Waals surface area contributed by atoms with Gasteiger partial charge in [-0.2, -0.15) is 0 Å². The zero-order chi connectivity index (χ0) is 20.5. The molecule has 1 unspecified atom stereocenters. The summed E-state index contributed by atoms with van der Waals surface area (Å²) in [5, 5.41) is 12.0. The van der Waals surface area contributed by atoms with E-state index in [1.165, 1.54) is 11.8 Å². The van der Waals surface area contributed by atoms with Crippen molar-refractivity contribution in [1.29, 1.82) is 0 Å². The molecular weight excluding hydrogens is 356 g/mol. The summed E-state index contributed by atoms with van der Waals surface area (Å²) in [5.74, 6) is -1.57. The summed E-state index contributed by atoms with van der Waals surface area (Å²) >= 11 is 0. The highest BCUT2D eigenvalue weighted by atomic mass is 16.4. The van der Waals surface area contributed by atoms with Crippen molar-refractivity contribution in [3.8, 4) is 0 Å². The Labute approximate surface area is 165 Å². The molecule has 0 bridgehead atoms. The summed E-state index contributed by atoms with van der Waals surface area (Å²) in [5.41, 5.74) is 2.75. The molecule has 2 aromatic rings. The number of carboxylic acid groups (broad SMARTS) is 1. The van der Waals surface area contributed by atoms with Gasteiger partial charge in [0, 0.05) is 13.5 Å². The maximum Gasteiger partial charge on any atom is 0.305 e. The molecule has 2 N–H and O–H groups in total. The lowest BCUT2D eigenvalue weighted by atomic mass is 9.98. The first-order valence-corrected chi connectivity index (χ1v) is 9.23. The van der Waals surface area contributed by atoms with E-state index in [1.54, 1.807) is 6.07 Å². The molecule has 0 radical (unpaired) electrons. The van der Waals surface area contributed by atoms with Crippen LogP contribution in [0.3, 0.4) is 0 Å². The van der Waals surface area contributed by atoms with E-state index in [9.17, 15) is 19.5 Å². The van der Waals surface area contributed by atoms with Gasteiger partial charge in [-0.25, -0.2) is 0 Å². The number of aliphatic carboxylic acids is 1. The molecule has 148 valence electrons. The summed E-state index contributed by atoms with van der Waals surface area (Å²) in [6.07, 6.45) is 0.421. The molecule has 0 saturated heterocycles. The SMILES string of the molecule is CC(=O)N(CCc1ccccc1)CC(=O)NC(CC(=O)O)c1ccccc1C. The van der Waals surface area contributed by atoms with Gasteiger partial charge in [-0.15, -0.1) is 0 Å². The summed E-state index contributed by atoms with van der Waals surface area (Å²) in [6.45, 7) is 3.61. The quantitative estimate of drug-likeness (QED) is 0.698. The van der Waals surface area contributed by atoms with Crippen molar-refractivity contribution in [2.75, 3.05) is 13.1 Å². The number of hydrogen-bond acceptors (Lipinski definition) is 3. The van der Waals surface area contributed by atoms with Gasteiger partial charge in [0.25, 0.3) is 0 Å². The van der Waals surface area contributed by atoms with Crippen molar-refractivity contribution in [1.82, 2.24) is 10.2 Å². The van der Waals surface area contributed by atoms with E-state index in [4.69, 9.17) is 0 Å². The van der Waals surface area contributed by atoms with Crippen LogP contribution in [0.4, 0.5) is 0 Å². The fourth-order valence-corrected chi connectivity index (χ4v) is 3.06. The molecular formula is C22H26N2O4. The number of carbonyl (C=O) groups excluding carboxylic acids is 2. The van der Waals surface area contributed by atoms with Gasteiger partial charge in [-0.05, 0) is 30.0 Å². The van der Waals surface area contributed by atoms with Crippen LogP contribution in [0.5, 0.6) is 0 Å². The number of carboxylic acids is 1. The molecule has 0 heterocycles. The first-order chi connectivity index (χ1) is 13.4. The maximum absolute atomic E-state index is 12.5. The smallest absolute Gasteiger partial charge is 0.305 e. The standard InChI is InChI=1S/C22H26N2O4/c1-16-8-6-7-11-19(16)20(14-22(27)28)23-21(26)15-24(17(2)25)13-12-18-9-4-3-5-10-18/h3-11,20H,12-15H2,1-2H3,(H,23,26)(H,27,28). The Morgan fingerprint density at radius 1 is 1.04 bits per heavy atom. The fraction of sp³-hybridized carbons (Fsp3) is 0.318. The number of benzene rings is 2. The van der Waals surface area contributed by atoms with Crippen LogP contribution < -0.4 is 5.32 Å². The van der Waals surface area contributed by atoms with Crippen molar-refractivity contribution in [2.45, 2.75) is 32.7 Å². The van der Waals surface area contributed by atoms with E-state index >= 15 is 0 Å². The van der Waals surface area contributed by atoms with Crippen LogP contribution >= 0.6 is 0 Å². The molecule has 2 rings (SSSR count). The Morgan fingerprint density at radius 3 is 2.29 bits per heavy atom. The Balaban J connectivity index is 2.03. The Kier molecular flexibility index (Phi) is 7.75. The molecule has 6 heteroatoms. The highest BCUT2D eigenvalue weighted by molar-refractivity contribution is 5.84. The van der Waals surface area contributed by atoms with Crippen molar-refractivity contribution in [3.63, 3.8) is 0 Å². The second-order valence-electron chi connectivity index (χ2n) is 6.75. The van der Waals surface area contributed by atoms with Gasteiger partial charge in [0.15, 0.2) is 0 Å². The number of hydrogen-bond donors (Lipinski definition) is 2. The summed E-state index contributed by atoms with van der Waals surface area (Å²) < 4.78 is 0. The fourth-order valence-electron chi connectivity index (χ4n) is 3.06. The van der Waals surface area contributed by atoms with Crippen molar-refractivity contribution >= 4 is 17.8 Å². The van der Waals surface area contributed by atoms with Crippen LogP contribution in [-0.4, -0.2) is 40.9 Å². The maximum atomic E-state index is 12.5. The molecule has 0 aromatic heterocycles. The lowest BCUT2D eigenvalue weighted by Gasteiger charge is -2.24. The topological polar surface area (TPSA) is 86.7 Å². The third kappa shape index (κ3) is 6.54. The Hall–Kier alpha value is -3.15. The van der Waals surface area contributed by atoms with Gasteiger partial charge in [-0.3, -0.25) is 14.4 Å². The van der Waals surface area contributed by atoms with E-state index in [0.29, 0.717) is 13.0 Å². The number of nitrogens with one attached hydrogen (secondary N) is 1. The average Bonchev–Trinajstić information content (AvgIpc) is 2.65. The molecule has 0 fully saturated rings. The van der Waals surface area contributed by atoms with E-state index in [-0.39, 0.29) is 24.8 Å². The summed E-state index contributed by atoms with van der Waals surface area (Å²) in [7, 11) is 0. The van der Waals surface area contributed by atoms with Gasteiger partial charge in [0.1, 0.15) is 0 Å². The van der Waals surface area contributed by atoms with Crippen LogP contribution in [0.1, 0.15) is 36.1 Å². The molecule has 0 aliphatic heterocycles. The van der Waals surface area contributed by atoms with E-state index in [2.05, 4.69) is 5.32 Å². The van der Waals surface area contributed by atoms with Gasteiger partial charge in [0.2, 0.25) is 11.8 Å². The van der Waals surface area contributed by atoms with Gasteiger partial charge >= 0.3 is 5.97 Å². The van der Waals surface area contributed by atoms with Gasteiger partial charge in [-0.1, -0.05) is 54.6 Å². The monoisotopic (exact) mass is 382 g/mol. The Morgan fingerprint density at radius 2 is 1.68 bits per heavy atom. The second-order valence-corrected chi connectivity index (χ2v) is 6.75. The molecule has 6 nitrogen and oxygen atoms in total. The number of amides is 2. The molecule has 2 aromatic carbocycles. The zero-order valence-corrected chi connectivity index (χ0v) is 16.2. The molecule has 0 spiro atoms. The van der Waals surface area contributed by atoms with Crippen LogP contribution in [0, 0.1) is 6.92 Å². The number of nitrogens with zero attached hydrogens (tertiary/aromatic N) is 1. The Bertz CT molecular complexity index is 820. The highest BCUT2D eigenvalue weighted by Gasteiger charge is 2.21. The molecule has 2 amide bonds. The van der Waals surface area contributed by atoms with E-state index in [0.717, 1.165) is 16.7 Å². The third-order valence-corrected chi connectivity index (χ3v) is 4.57. The number of carbonyl (C=O) groups is 3. The van der Waals surface area contributed by atoms with Crippen molar-refractivity contribution in [3.05, 3.63) is 71.3 Å². The van der Waals surface area contributed by atoms with Crippen LogP contribution in [0.15, 0.2) is 54.6 Å². The first kappa shape index (κ1) is 21.2. The minimum absolute atomic E-state index is 0.107. The lowest BCUT2D eigenvalue weighted by molar-refractivity contribution is -0.138. The molecule has 1 atom stereocenters. The van der Waals surface area contributed by atoms with Gasteiger partial charge < -0.3 is 15.3 Å². The molecule has 0 saturated carbocycles. The van der Waals surface area contributed by atoms with E-state index in [1.807, 2.05) is 55.5 Å². The van der Waals surface area contributed by atoms with E-state index < -0.39 is 12.0 Å². The van der Waals surface area contributed by atoms with Gasteiger partial charge in [0.05, 0.1) is 19.0 Å². The van der Waals surface area contributed by atoms with Crippen molar-refractivity contribution in [2.24, 2.45) is 0 Å². The second kappa shape index (κ2) is 10.3. The normalized spacial score (nSPS) is 11.5.